The maximum atomic E-state index is 12.8. The zero-order valence-corrected chi connectivity index (χ0v) is 9.25. The Morgan fingerprint density at radius 3 is 2.67 bits per heavy atom. The summed E-state index contributed by atoms with van der Waals surface area (Å²) in [5, 5.41) is 0. The number of hydrogen-bond acceptors (Lipinski definition) is 2. The van der Waals surface area contributed by atoms with E-state index < -0.39 is 0 Å². The smallest absolute Gasteiger partial charge is 0.163 e. The highest BCUT2D eigenvalue weighted by atomic mass is 19.1. The van der Waals surface area contributed by atoms with Gasteiger partial charge in [-0.15, -0.1) is 0 Å². The summed E-state index contributed by atoms with van der Waals surface area (Å²) in [5.41, 5.74) is 0. The normalized spacial score (nSPS) is 10.1. The number of halogens is 1. The highest BCUT2D eigenvalue weighted by Crippen LogP contribution is 2.27. The van der Waals surface area contributed by atoms with Gasteiger partial charge < -0.3 is 9.47 Å². The van der Waals surface area contributed by atoms with Crippen LogP contribution in [0.25, 0.3) is 0 Å². The van der Waals surface area contributed by atoms with Crippen LogP contribution >= 0.6 is 0 Å². The Hall–Kier alpha value is -1.25. The number of benzene rings is 1. The maximum absolute atomic E-state index is 12.8. The van der Waals surface area contributed by atoms with E-state index in [1.165, 1.54) is 19.2 Å². The van der Waals surface area contributed by atoms with Crippen LogP contribution in [0, 0.1) is 5.82 Å². The Morgan fingerprint density at radius 2 is 2.00 bits per heavy atom. The van der Waals surface area contributed by atoms with Crippen molar-refractivity contribution in [3.05, 3.63) is 24.0 Å². The van der Waals surface area contributed by atoms with Crippen molar-refractivity contribution in [3.8, 4) is 11.5 Å². The van der Waals surface area contributed by atoms with Crippen LogP contribution < -0.4 is 9.47 Å². The average Bonchev–Trinajstić information content (AvgIpc) is 2.26. The lowest BCUT2D eigenvalue weighted by atomic mass is 10.2. The Bertz CT molecular complexity index is 300. The molecule has 0 radical (unpaired) electrons. The predicted octanol–water partition coefficient (Wildman–Crippen LogP) is 3.40. The summed E-state index contributed by atoms with van der Waals surface area (Å²) in [6.45, 7) is 2.79. The molecule has 0 heterocycles. The molecule has 84 valence electrons. The van der Waals surface area contributed by atoms with Crippen molar-refractivity contribution in [2.75, 3.05) is 13.7 Å². The molecule has 0 unspecified atom stereocenters. The standard InChI is InChI=1S/C12H17FO2/c1-3-4-5-8-15-11-7-6-10(13)9-12(11)14-2/h6-7,9H,3-5,8H2,1-2H3. The summed E-state index contributed by atoms with van der Waals surface area (Å²) in [5.74, 6) is 0.745. The van der Waals surface area contributed by atoms with E-state index in [0.29, 0.717) is 18.1 Å². The minimum absolute atomic E-state index is 0.312. The van der Waals surface area contributed by atoms with Gasteiger partial charge in [0.25, 0.3) is 0 Å². The first-order valence-corrected chi connectivity index (χ1v) is 5.24. The van der Waals surface area contributed by atoms with Crippen LogP contribution in [0.4, 0.5) is 4.39 Å². The molecule has 0 aliphatic heterocycles. The number of rotatable bonds is 6. The summed E-state index contributed by atoms with van der Waals surface area (Å²) in [4.78, 5) is 0. The quantitative estimate of drug-likeness (QED) is 0.673. The van der Waals surface area contributed by atoms with E-state index in [-0.39, 0.29) is 5.82 Å². The van der Waals surface area contributed by atoms with Gasteiger partial charge in [0, 0.05) is 6.07 Å². The van der Waals surface area contributed by atoms with Gasteiger partial charge in [0.05, 0.1) is 13.7 Å². The maximum Gasteiger partial charge on any atom is 0.163 e. The van der Waals surface area contributed by atoms with E-state index in [9.17, 15) is 4.39 Å². The second-order valence-electron chi connectivity index (χ2n) is 3.35. The molecular weight excluding hydrogens is 195 g/mol. The van der Waals surface area contributed by atoms with E-state index in [4.69, 9.17) is 9.47 Å². The number of methoxy groups -OCH3 is 1. The van der Waals surface area contributed by atoms with Gasteiger partial charge in [0.2, 0.25) is 0 Å². The molecule has 0 saturated heterocycles. The molecule has 1 aromatic rings. The minimum atomic E-state index is -0.312. The van der Waals surface area contributed by atoms with Gasteiger partial charge in [-0.1, -0.05) is 19.8 Å². The molecule has 0 spiro atoms. The van der Waals surface area contributed by atoms with E-state index >= 15 is 0 Å². The molecule has 0 aliphatic rings. The van der Waals surface area contributed by atoms with Gasteiger partial charge in [0.1, 0.15) is 5.82 Å². The van der Waals surface area contributed by atoms with Crippen molar-refractivity contribution < 1.29 is 13.9 Å². The fourth-order valence-corrected chi connectivity index (χ4v) is 1.29. The number of unbranched alkanes of at least 4 members (excludes halogenated alkanes) is 2. The fourth-order valence-electron chi connectivity index (χ4n) is 1.29. The van der Waals surface area contributed by atoms with Gasteiger partial charge >= 0.3 is 0 Å². The molecule has 15 heavy (non-hydrogen) atoms. The van der Waals surface area contributed by atoms with Crippen LogP contribution in [-0.2, 0) is 0 Å². The van der Waals surface area contributed by atoms with Crippen molar-refractivity contribution in [1.82, 2.24) is 0 Å². The Labute approximate surface area is 90.0 Å². The van der Waals surface area contributed by atoms with E-state index in [0.717, 1.165) is 19.3 Å². The number of ether oxygens (including phenoxy) is 2. The van der Waals surface area contributed by atoms with Crippen molar-refractivity contribution in [1.29, 1.82) is 0 Å². The third-order valence-corrected chi connectivity index (χ3v) is 2.13. The van der Waals surface area contributed by atoms with Crippen LogP contribution in [0.15, 0.2) is 18.2 Å². The molecule has 3 heteroatoms. The monoisotopic (exact) mass is 212 g/mol. The summed E-state index contributed by atoms with van der Waals surface area (Å²) in [7, 11) is 1.51. The molecule has 0 bridgehead atoms. The molecule has 0 saturated carbocycles. The fraction of sp³-hybridized carbons (Fsp3) is 0.500. The van der Waals surface area contributed by atoms with Crippen LogP contribution in [0.3, 0.4) is 0 Å². The first-order valence-electron chi connectivity index (χ1n) is 5.24. The molecule has 1 rings (SSSR count). The molecule has 0 N–H and O–H groups in total. The molecule has 0 fully saturated rings. The molecular formula is C12H17FO2. The molecule has 2 nitrogen and oxygen atoms in total. The summed E-state index contributed by atoms with van der Waals surface area (Å²) < 4.78 is 23.4. The molecule has 0 aliphatic carbocycles. The van der Waals surface area contributed by atoms with Crippen LogP contribution in [0.1, 0.15) is 26.2 Å². The van der Waals surface area contributed by atoms with Crippen molar-refractivity contribution >= 4 is 0 Å². The lowest BCUT2D eigenvalue weighted by Gasteiger charge is -2.10. The van der Waals surface area contributed by atoms with E-state index in [1.807, 2.05) is 0 Å². The average molecular weight is 212 g/mol. The summed E-state index contributed by atoms with van der Waals surface area (Å²) in [6, 6.07) is 4.30. The van der Waals surface area contributed by atoms with Crippen molar-refractivity contribution in [2.45, 2.75) is 26.2 Å². The second-order valence-corrected chi connectivity index (χ2v) is 3.35. The summed E-state index contributed by atoms with van der Waals surface area (Å²) in [6.07, 6.45) is 3.31. The van der Waals surface area contributed by atoms with Crippen LogP contribution in [0.2, 0.25) is 0 Å². The van der Waals surface area contributed by atoms with Gasteiger partial charge in [-0.05, 0) is 18.6 Å². The summed E-state index contributed by atoms with van der Waals surface area (Å²) >= 11 is 0. The largest absolute Gasteiger partial charge is 0.493 e. The van der Waals surface area contributed by atoms with E-state index in [2.05, 4.69) is 6.92 Å². The highest BCUT2D eigenvalue weighted by molar-refractivity contribution is 5.39. The minimum Gasteiger partial charge on any atom is -0.493 e. The topological polar surface area (TPSA) is 18.5 Å². The number of hydrogen-bond donors (Lipinski definition) is 0. The first kappa shape index (κ1) is 11.8. The zero-order valence-electron chi connectivity index (χ0n) is 9.25. The third-order valence-electron chi connectivity index (χ3n) is 2.13. The highest BCUT2D eigenvalue weighted by Gasteiger charge is 2.04. The third kappa shape index (κ3) is 3.78. The van der Waals surface area contributed by atoms with Crippen molar-refractivity contribution in [3.63, 3.8) is 0 Å². The Balaban J connectivity index is 2.52. The van der Waals surface area contributed by atoms with E-state index in [1.54, 1.807) is 6.07 Å². The SMILES string of the molecule is CCCCCOc1ccc(F)cc1OC. The predicted molar refractivity (Wildman–Crippen MR) is 58.0 cm³/mol. The zero-order chi connectivity index (χ0) is 11.1. The van der Waals surface area contributed by atoms with Gasteiger partial charge in [-0.25, -0.2) is 4.39 Å². The lowest BCUT2D eigenvalue weighted by molar-refractivity contribution is 0.285. The molecule has 0 aromatic heterocycles. The van der Waals surface area contributed by atoms with Crippen LogP contribution in [-0.4, -0.2) is 13.7 Å². The molecule has 0 atom stereocenters. The molecule has 1 aromatic carbocycles. The second kappa shape index (κ2) is 6.27. The van der Waals surface area contributed by atoms with Gasteiger partial charge in [-0.2, -0.15) is 0 Å². The Morgan fingerprint density at radius 1 is 1.20 bits per heavy atom. The van der Waals surface area contributed by atoms with Crippen LogP contribution in [0.5, 0.6) is 11.5 Å². The first-order chi connectivity index (χ1) is 7.27. The van der Waals surface area contributed by atoms with Gasteiger partial charge in [-0.3, -0.25) is 0 Å². The Kier molecular flexibility index (Phi) is 4.95. The van der Waals surface area contributed by atoms with Gasteiger partial charge in [0.15, 0.2) is 11.5 Å². The van der Waals surface area contributed by atoms with Crippen molar-refractivity contribution in [2.24, 2.45) is 0 Å². The lowest BCUT2D eigenvalue weighted by Crippen LogP contribution is -1.99. The molecule has 0 amide bonds.